The van der Waals surface area contributed by atoms with E-state index in [0.717, 1.165) is 90.3 Å². The first-order valence-corrected chi connectivity index (χ1v) is 24.0. The first kappa shape index (κ1) is 46.3. The summed E-state index contributed by atoms with van der Waals surface area (Å²) in [6.45, 7) is 8.12. The van der Waals surface area contributed by atoms with Crippen molar-refractivity contribution in [1.82, 2.24) is 24.1 Å². The zero-order chi connectivity index (χ0) is 51.2. The molecular weight excluding hydrogens is 941 g/mol. The van der Waals surface area contributed by atoms with Crippen LogP contribution in [0.4, 0.5) is 26.3 Å². The fraction of sp³-hybridized carbons (Fsp3) is 0.0952. The SMILES string of the molecule is Cc1cc(C)cc(-c2ccc3c4ccccc4n(-c4ccc(C(F)(F)F)cc4-c4nc(-c5ccccc5)nc(-c5cc(C(F)(F)F)ccc5-n5c6ccccc6c6ccc(-c7cc(C)cc(C)c7)cc65)n4)c3c2)c1. The van der Waals surface area contributed by atoms with Gasteiger partial charge in [-0.3, -0.25) is 0 Å². The van der Waals surface area contributed by atoms with Crippen LogP contribution in [-0.4, -0.2) is 24.1 Å². The second-order valence-electron chi connectivity index (χ2n) is 19.1. The van der Waals surface area contributed by atoms with Crippen molar-refractivity contribution in [1.29, 1.82) is 0 Å². The Morgan fingerprint density at radius 2 is 0.689 bits per heavy atom. The molecule has 9 aromatic carbocycles. The minimum absolute atomic E-state index is 0.0106. The van der Waals surface area contributed by atoms with Gasteiger partial charge >= 0.3 is 12.4 Å². The monoisotopic (exact) mass is 983 g/mol. The summed E-state index contributed by atoms with van der Waals surface area (Å²) in [6, 6.07) is 55.8. The molecule has 0 aliphatic heterocycles. The van der Waals surface area contributed by atoms with E-state index in [4.69, 9.17) is 15.0 Å². The highest BCUT2D eigenvalue weighted by Gasteiger charge is 2.34. The van der Waals surface area contributed by atoms with Gasteiger partial charge in [-0.15, -0.1) is 0 Å². The molecule has 0 radical (unpaired) electrons. The number of nitrogens with zero attached hydrogens (tertiary/aromatic N) is 5. The average molecular weight is 984 g/mol. The highest BCUT2D eigenvalue weighted by molar-refractivity contribution is 6.12. The molecule has 0 aliphatic rings. The van der Waals surface area contributed by atoms with Crippen LogP contribution in [-0.2, 0) is 12.4 Å². The minimum Gasteiger partial charge on any atom is -0.308 e. The molecule has 3 heterocycles. The molecule has 0 atom stereocenters. The van der Waals surface area contributed by atoms with Crippen molar-refractivity contribution in [3.05, 3.63) is 221 Å². The number of aromatic nitrogens is 5. The third kappa shape index (κ3) is 8.14. The normalized spacial score (nSPS) is 12.2. The van der Waals surface area contributed by atoms with Crippen LogP contribution < -0.4 is 0 Å². The van der Waals surface area contributed by atoms with Crippen LogP contribution in [0.3, 0.4) is 0 Å². The van der Waals surface area contributed by atoms with Gasteiger partial charge in [0.05, 0.1) is 44.6 Å². The molecule has 0 fully saturated rings. The van der Waals surface area contributed by atoms with E-state index in [1.165, 1.54) is 12.1 Å². The molecule has 12 aromatic rings. The van der Waals surface area contributed by atoms with Crippen molar-refractivity contribution in [3.8, 4) is 67.8 Å². The van der Waals surface area contributed by atoms with Crippen LogP contribution in [0.25, 0.3) is 111 Å². The first-order valence-electron chi connectivity index (χ1n) is 24.0. The molecule has 12 rings (SSSR count). The smallest absolute Gasteiger partial charge is 0.308 e. The lowest BCUT2D eigenvalue weighted by atomic mass is 9.99. The quantitative estimate of drug-likeness (QED) is 0.150. The fourth-order valence-corrected chi connectivity index (χ4v) is 10.6. The predicted octanol–water partition coefficient (Wildman–Crippen LogP) is 17.7. The number of benzene rings is 9. The van der Waals surface area contributed by atoms with Gasteiger partial charge in [0.25, 0.3) is 0 Å². The van der Waals surface area contributed by atoms with Crippen molar-refractivity contribution in [2.75, 3.05) is 0 Å². The topological polar surface area (TPSA) is 48.5 Å². The van der Waals surface area contributed by atoms with Gasteiger partial charge in [-0.25, -0.2) is 15.0 Å². The number of fused-ring (bicyclic) bond motifs is 6. The van der Waals surface area contributed by atoms with Crippen LogP contribution in [0.1, 0.15) is 33.4 Å². The summed E-state index contributed by atoms with van der Waals surface area (Å²) >= 11 is 0. The molecule has 0 saturated heterocycles. The summed E-state index contributed by atoms with van der Waals surface area (Å²) in [5.41, 5.74) is 10.1. The number of para-hydroxylation sites is 2. The van der Waals surface area contributed by atoms with E-state index < -0.39 is 23.5 Å². The van der Waals surface area contributed by atoms with Gasteiger partial charge in [0.1, 0.15) is 0 Å². The Bertz CT molecular complexity index is 3930. The number of rotatable bonds is 7. The van der Waals surface area contributed by atoms with Gasteiger partial charge < -0.3 is 9.13 Å². The summed E-state index contributed by atoms with van der Waals surface area (Å²) in [5.74, 6) is -0.293. The van der Waals surface area contributed by atoms with Crippen LogP contribution in [0.2, 0.25) is 0 Å². The Labute approximate surface area is 421 Å². The first-order chi connectivity index (χ1) is 35.6. The Balaban J connectivity index is 1.16. The number of halogens is 6. The zero-order valence-corrected chi connectivity index (χ0v) is 40.4. The van der Waals surface area contributed by atoms with Crippen LogP contribution in [0, 0.1) is 27.7 Å². The average Bonchev–Trinajstić information content (AvgIpc) is 3.90. The molecular formula is C63H43F6N5. The summed E-state index contributed by atoms with van der Waals surface area (Å²) < 4.78 is 94.3. The van der Waals surface area contributed by atoms with Gasteiger partial charge in [-0.2, -0.15) is 26.3 Å². The molecule has 0 amide bonds. The third-order valence-corrected chi connectivity index (χ3v) is 13.7. The largest absolute Gasteiger partial charge is 0.416 e. The summed E-state index contributed by atoms with van der Waals surface area (Å²) in [5, 5.41) is 3.45. The van der Waals surface area contributed by atoms with E-state index in [1.807, 2.05) is 122 Å². The second-order valence-corrected chi connectivity index (χ2v) is 19.1. The maximum Gasteiger partial charge on any atom is 0.416 e. The third-order valence-electron chi connectivity index (χ3n) is 13.7. The van der Waals surface area contributed by atoms with E-state index >= 15 is 26.3 Å². The van der Waals surface area contributed by atoms with Gasteiger partial charge in [0.15, 0.2) is 17.5 Å². The molecule has 74 heavy (non-hydrogen) atoms. The Morgan fingerprint density at radius 3 is 1.11 bits per heavy atom. The van der Waals surface area contributed by atoms with Crippen molar-refractivity contribution < 1.29 is 26.3 Å². The zero-order valence-electron chi connectivity index (χ0n) is 40.4. The lowest BCUT2D eigenvalue weighted by Crippen LogP contribution is -2.10. The standard InChI is InChI=1S/C63H43F6N5/c1-36-26-37(2)29-43(28-36)41-18-22-49-47-14-8-10-16-53(47)73(57(49)32-41)55-24-20-45(62(64,65)66)34-51(55)60-70-59(40-12-6-5-7-13-40)71-61(72-60)52-35-46(63(67,68)69)21-25-56(52)74-54-17-11-9-15-48(54)50-23-19-42(33-58(50)74)44-30-38(3)27-39(4)31-44/h5-35H,1-4H3. The summed E-state index contributed by atoms with van der Waals surface area (Å²) in [4.78, 5) is 14.8. The number of hydrogen-bond donors (Lipinski definition) is 0. The molecule has 3 aromatic heterocycles. The Kier molecular flexibility index (Phi) is 10.9. The summed E-state index contributed by atoms with van der Waals surface area (Å²) in [6.07, 6.45) is -9.58. The second kappa shape index (κ2) is 17.4. The highest BCUT2D eigenvalue weighted by Crippen LogP contribution is 2.44. The highest BCUT2D eigenvalue weighted by atomic mass is 19.4. The number of alkyl halides is 6. The number of aryl methyl sites for hydroxylation is 4. The molecule has 0 saturated carbocycles. The lowest BCUT2D eigenvalue weighted by Gasteiger charge is -2.19. The van der Waals surface area contributed by atoms with Crippen LogP contribution in [0.5, 0.6) is 0 Å². The van der Waals surface area contributed by atoms with Crippen molar-refractivity contribution in [2.45, 2.75) is 40.0 Å². The minimum atomic E-state index is -4.79. The lowest BCUT2D eigenvalue weighted by molar-refractivity contribution is -0.138. The maximum atomic E-state index is 15.1. The van der Waals surface area contributed by atoms with Crippen molar-refractivity contribution in [2.24, 2.45) is 0 Å². The van der Waals surface area contributed by atoms with Crippen LogP contribution >= 0.6 is 0 Å². The fourth-order valence-electron chi connectivity index (χ4n) is 10.6. The molecule has 0 aliphatic carbocycles. The molecule has 11 heteroatoms. The molecule has 0 unspecified atom stereocenters. The van der Waals surface area contributed by atoms with Gasteiger partial charge in [-0.05, 0) is 111 Å². The predicted molar refractivity (Wildman–Crippen MR) is 285 cm³/mol. The molecule has 0 N–H and O–H groups in total. The Hall–Kier alpha value is -8.83. The van der Waals surface area contributed by atoms with Gasteiger partial charge in [0.2, 0.25) is 0 Å². The van der Waals surface area contributed by atoms with E-state index in [2.05, 4.69) is 36.4 Å². The van der Waals surface area contributed by atoms with Gasteiger partial charge in [-0.1, -0.05) is 150 Å². The van der Waals surface area contributed by atoms with E-state index in [1.54, 1.807) is 30.3 Å². The maximum absolute atomic E-state index is 15.1. The van der Waals surface area contributed by atoms with E-state index in [0.29, 0.717) is 39.0 Å². The molecule has 0 bridgehead atoms. The Morgan fingerprint density at radius 1 is 0.311 bits per heavy atom. The molecule has 0 spiro atoms. The number of hydrogen-bond acceptors (Lipinski definition) is 3. The van der Waals surface area contributed by atoms with E-state index in [-0.39, 0.29) is 28.6 Å². The molecule has 362 valence electrons. The van der Waals surface area contributed by atoms with E-state index in [9.17, 15) is 0 Å². The van der Waals surface area contributed by atoms with Gasteiger partial charge in [0, 0.05) is 38.2 Å². The van der Waals surface area contributed by atoms with Crippen molar-refractivity contribution in [3.63, 3.8) is 0 Å². The van der Waals surface area contributed by atoms with Crippen LogP contribution in [0.15, 0.2) is 188 Å². The summed E-state index contributed by atoms with van der Waals surface area (Å²) in [7, 11) is 0. The van der Waals surface area contributed by atoms with Crippen molar-refractivity contribution >= 4 is 43.6 Å². The molecule has 5 nitrogen and oxygen atoms in total.